The molecule has 2 aromatic heterocycles. The van der Waals surface area contributed by atoms with E-state index in [1.54, 1.807) is 0 Å². The molecule has 2 heterocycles. The number of hydrogen-bond acceptors (Lipinski definition) is 4. The molecule has 0 amide bonds. The highest BCUT2D eigenvalue weighted by atomic mass is 15.1. The number of benzene rings is 2. The summed E-state index contributed by atoms with van der Waals surface area (Å²) in [5, 5.41) is 3.57. The summed E-state index contributed by atoms with van der Waals surface area (Å²) < 4.78 is 0. The molecule has 0 bridgehead atoms. The molecule has 6 heteroatoms. The number of allylic oxidation sites excluding steroid dienone is 2. The smallest absolute Gasteiger partial charge is 0.121 e. The van der Waals surface area contributed by atoms with Crippen molar-refractivity contribution < 1.29 is 0 Å². The van der Waals surface area contributed by atoms with E-state index in [1.165, 1.54) is 17.5 Å². The van der Waals surface area contributed by atoms with Gasteiger partial charge in [0.05, 0.1) is 35.2 Å². The third-order valence-electron chi connectivity index (χ3n) is 7.45. The number of nitrogens with zero attached hydrogens (tertiary/aromatic N) is 3. The van der Waals surface area contributed by atoms with Crippen molar-refractivity contribution in [1.82, 2.24) is 30.2 Å². The zero-order chi connectivity index (χ0) is 24.4. The molecule has 0 aliphatic heterocycles. The monoisotopic (exact) mass is 470 g/mol. The molecule has 2 aromatic carbocycles. The minimum Gasteiger partial charge on any atom is -0.341 e. The van der Waals surface area contributed by atoms with E-state index >= 15 is 0 Å². The second-order valence-corrected chi connectivity index (χ2v) is 10.3. The van der Waals surface area contributed by atoms with Crippen molar-refractivity contribution in [1.29, 1.82) is 0 Å². The van der Waals surface area contributed by atoms with Gasteiger partial charge < -0.3 is 15.3 Å². The fourth-order valence-corrected chi connectivity index (χ4v) is 4.61. The molecule has 1 aliphatic rings. The summed E-state index contributed by atoms with van der Waals surface area (Å²) in [4.78, 5) is 18.8. The van der Waals surface area contributed by atoms with Gasteiger partial charge in [-0.3, -0.25) is 4.90 Å². The van der Waals surface area contributed by atoms with E-state index in [9.17, 15) is 0 Å². The maximum Gasteiger partial charge on any atom is 0.121 e. The van der Waals surface area contributed by atoms with Gasteiger partial charge in [0, 0.05) is 12.1 Å². The van der Waals surface area contributed by atoms with Crippen molar-refractivity contribution >= 4 is 22.1 Å². The van der Waals surface area contributed by atoms with Crippen molar-refractivity contribution in [3.8, 4) is 0 Å². The Labute approximate surface area is 208 Å². The number of hydrogen-bond donors (Lipinski definition) is 3. The lowest BCUT2D eigenvalue weighted by Crippen LogP contribution is -2.28. The van der Waals surface area contributed by atoms with Crippen LogP contribution in [0.15, 0.2) is 48.6 Å². The third kappa shape index (κ3) is 5.82. The Morgan fingerprint density at radius 1 is 1.00 bits per heavy atom. The first-order valence-electron chi connectivity index (χ1n) is 13.0. The molecule has 1 fully saturated rings. The van der Waals surface area contributed by atoms with Crippen LogP contribution >= 0.6 is 0 Å². The molecule has 35 heavy (non-hydrogen) atoms. The van der Waals surface area contributed by atoms with Gasteiger partial charge in [-0.1, -0.05) is 38.1 Å². The summed E-state index contributed by atoms with van der Waals surface area (Å²) in [5.74, 6) is 2.86. The predicted molar refractivity (Wildman–Crippen MR) is 144 cm³/mol. The third-order valence-corrected chi connectivity index (χ3v) is 7.45. The normalized spacial score (nSPS) is 18.9. The van der Waals surface area contributed by atoms with Crippen LogP contribution in [0.3, 0.4) is 0 Å². The van der Waals surface area contributed by atoms with Crippen molar-refractivity contribution in [3.05, 3.63) is 71.3 Å². The SMILES string of the molecule is CCC(C)N(C)Cc1nc2ccc(C/C=C/Cc3ccc4nc(CNC5CC5C)[nH]c4c3)cc2[nH]1. The zero-order valence-electron chi connectivity index (χ0n) is 21.4. The van der Waals surface area contributed by atoms with Crippen LogP contribution < -0.4 is 5.32 Å². The van der Waals surface area contributed by atoms with Gasteiger partial charge in [0.1, 0.15) is 11.6 Å². The van der Waals surface area contributed by atoms with Crippen LogP contribution in [0, 0.1) is 5.92 Å². The van der Waals surface area contributed by atoms with Gasteiger partial charge in [-0.2, -0.15) is 0 Å². The molecule has 1 saturated carbocycles. The lowest BCUT2D eigenvalue weighted by Gasteiger charge is -2.21. The molecule has 3 atom stereocenters. The summed E-state index contributed by atoms with van der Waals surface area (Å²) in [6.45, 7) is 8.43. The number of nitrogens with one attached hydrogen (secondary N) is 3. The quantitative estimate of drug-likeness (QED) is 0.253. The predicted octanol–water partition coefficient (Wildman–Crippen LogP) is 5.51. The second-order valence-electron chi connectivity index (χ2n) is 10.3. The Hall–Kier alpha value is -2.96. The van der Waals surface area contributed by atoms with E-state index in [2.05, 4.69) is 96.6 Å². The molecule has 6 nitrogen and oxygen atoms in total. The van der Waals surface area contributed by atoms with Gasteiger partial charge >= 0.3 is 0 Å². The van der Waals surface area contributed by atoms with Crippen molar-refractivity contribution in [2.75, 3.05) is 7.05 Å². The molecule has 0 saturated heterocycles. The molecular weight excluding hydrogens is 432 g/mol. The number of aromatic amines is 2. The summed E-state index contributed by atoms with van der Waals surface area (Å²) in [6.07, 6.45) is 8.78. The van der Waals surface area contributed by atoms with Gasteiger partial charge in [-0.25, -0.2) is 9.97 Å². The van der Waals surface area contributed by atoms with Gasteiger partial charge in [-0.15, -0.1) is 0 Å². The summed E-state index contributed by atoms with van der Waals surface area (Å²) in [6, 6.07) is 14.3. The van der Waals surface area contributed by atoms with Crippen LogP contribution in [0.5, 0.6) is 0 Å². The Balaban J connectivity index is 1.16. The van der Waals surface area contributed by atoms with Crippen LogP contribution in [0.1, 0.15) is 56.4 Å². The second kappa shape index (κ2) is 10.3. The van der Waals surface area contributed by atoms with Crippen LogP contribution in [0.2, 0.25) is 0 Å². The van der Waals surface area contributed by atoms with Crippen molar-refractivity contribution in [2.45, 2.75) is 71.6 Å². The van der Waals surface area contributed by atoms with Crippen molar-refractivity contribution in [3.63, 3.8) is 0 Å². The number of fused-ring (bicyclic) bond motifs is 2. The molecule has 4 aromatic rings. The minimum absolute atomic E-state index is 0.549. The number of H-pyrrole nitrogens is 2. The minimum atomic E-state index is 0.549. The van der Waals surface area contributed by atoms with Crippen LogP contribution in [-0.2, 0) is 25.9 Å². The molecule has 0 spiro atoms. The fraction of sp³-hybridized carbons (Fsp3) is 0.448. The molecule has 1 aliphatic carbocycles. The number of rotatable bonds is 11. The summed E-state index contributed by atoms with van der Waals surface area (Å²) >= 11 is 0. The van der Waals surface area contributed by atoms with Crippen LogP contribution in [-0.4, -0.2) is 44.0 Å². The zero-order valence-corrected chi connectivity index (χ0v) is 21.4. The average molecular weight is 471 g/mol. The Kier molecular flexibility index (Phi) is 7.02. The highest BCUT2D eigenvalue weighted by Crippen LogP contribution is 2.29. The van der Waals surface area contributed by atoms with E-state index in [0.717, 1.165) is 72.0 Å². The average Bonchev–Trinajstić information content (AvgIpc) is 3.23. The van der Waals surface area contributed by atoms with E-state index < -0.39 is 0 Å². The highest BCUT2D eigenvalue weighted by molar-refractivity contribution is 5.76. The first-order chi connectivity index (χ1) is 17.0. The van der Waals surface area contributed by atoms with Crippen molar-refractivity contribution in [2.24, 2.45) is 5.92 Å². The van der Waals surface area contributed by atoms with E-state index in [4.69, 9.17) is 9.97 Å². The lowest BCUT2D eigenvalue weighted by molar-refractivity contribution is 0.239. The molecular formula is C29H38N6. The molecule has 0 radical (unpaired) electrons. The Morgan fingerprint density at radius 3 is 2.14 bits per heavy atom. The van der Waals surface area contributed by atoms with Gasteiger partial charge in [0.25, 0.3) is 0 Å². The number of imidazole rings is 2. The van der Waals surface area contributed by atoms with Crippen LogP contribution in [0.4, 0.5) is 0 Å². The van der Waals surface area contributed by atoms with Gasteiger partial charge in [0.15, 0.2) is 0 Å². The summed E-state index contributed by atoms with van der Waals surface area (Å²) in [7, 11) is 2.16. The molecule has 5 rings (SSSR count). The molecule has 3 unspecified atom stereocenters. The maximum absolute atomic E-state index is 4.77. The standard InChI is InChI=1S/C29H38N6/c1-5-20(3)35(4)18-29-32-24-13-11-22(16-27(24)34-29)9-7-6-8-21-10-12-23-26(15-21)33-28(31-23)17-30-25-14-19(25)2/h6-7,10-13,15-16,19-20,25,30H,5,8-9,14,17-18H2,1-4H3,(H,31,33)(H,32,34)/b7-6+. The highest BCUT2D eigenvalue weighted by Gasteiger charge is 2.31. The fourth-order valence-electron chi connectivity index (χ4n) is 4.61. The molecule has 3 N–H and O–H groups in total. The molecule has 184 valence electrons. The topological polar surface area (TPSA) is 72.6 Å². The summed E-state index contributed by atoms with van der Waals surface area (Å²) in [5.41, 5.74) is 6.92. The largest absolute Gasteiger partial charge is 0.341 e. The Morgan fingerprint density at radius 2 is 1.57 bits per heavy atom. The number of aromatic nitrogens is 4. The van der Waals surface area contributed by atoms with E-state index in [-0.39, 0.29) is 0 Å². The van der Waals surface area contributed by atoms with E-state index in [1.807, 2.05) is 0 Å². The lowest BCUT2D eigenvalue weighted by atomic mass is 10.1. The Bertz CT molecular complexity index is 1320. The van der Waals surface area contributed by atoms with E-state index in [0.29, 0.717) is 12.1 Å². The van der Waals surface area contributed by atoms with Gasteiger partial charge in [-0.05, 0) is 81.0 Å². The first-order valence-corrected chi connectivity index (χ1v) is 13.0. The van der Waals surface area contributed by atoms with Crippen LogP contribution in [0.25, 0.3) is 22.1 Å². The first kappa shape index (κ1) is 23.8. The maximum atomic E-state index is 4.77. The van der Waals surface area contributed by atoms with Gasteiger partial charge in [0.2, 0.25) is 0 Å².